The van der Waals surface area contributed by atoms with Crippen molar-refractivity contribution >= 4 is 5.78 Å². The third kappa shape index (κ3) is 0.797. The van der Waals surface area contributed by atoms with E-state index in [0.29, 0.717) is 12.8 Å². The summed E-state index contributed by atoms with van der Waals surface area (Å²) in [5.74, 6) is 0.106. The van der Waals surface area contributed by atoms with Gasteiger partial charge in [0.2, 0.25) is 0 Å². The predicted octanol–water partition coefficient (Wildman–Crippen LogP) is 0.902. The van der Waals surface area contributed by atoms with Crippen LogP contribution < -0.4 is 0 Å². The van der Waals surface area contributed by atoms with Gasteiger partial charge in [0.15, 0.2) is 0 Å². The minimum absolute atomic E-state index is 0.106. The Morgan fingerprint density at radius 1 is 1.90 bits per heavy atom. The molecule has 0 radical (unpaired) electrons. The second-order valence-corrected chi connectivity index (χ2v) is 2.96. The van der Waals surface area contributed by atoms with Crippen LogP contribution >= 0.6 is 0 Å². The van der Waals surface area contributed by atoms with Crippen LogP contribution in [0.2, 0.25) is 0 Å². The summed E-state index contributed by atoms with van der Waals surface area (Å²) in [5, 5.41) is 9.33. The molecule has 10 heavy (non-hydrogen) atoms. The van der Waals surface area contributed by atoms with E-state index < -0.39 is 11.5 Å². The van der Waals surface area contributed by atoms with Crippen LogP contribution in [0.5, 0.6) is 0 Å². The molecular weight excluding hydrogens is 128 g/mol. The van der Waals surface area contributed by atoms with E-state index in [1.165, 1.54) is 0 Å². The number of carbonyl (C=O) groups excluding carboxylic acids is 1. The summed E-state index contributed by atoms with van der Waals surface area (Å²) < 4.78 is 0. The number of rotatable bonds is 1. The molecule has 0 amide bonds. The van der Waals surface area contributed by atoms with E-state index in [4.69, 9.17) is 0 Å². The number of carbonyl (C=O) groups is 1. The molecule has 0 aliphatic heterocycles. The number of Topliss-reactive ketones (excluding diaryl/α,β-unsaturated/α-hetero) is 1. The normalized spacial score (nSPS) is 40.2. The molecule has 56 valence electrons. The topological polar surface area (TPSA) is 37.3 Å². The molecule has 2 nitrogen and oxygen atoms in total. The van der Waals surface area contributed by atoms with Gasteiger partial charge in [-0.2, -0.15) is 0 Å². The van der Waals surface area contributed by atoms with Gasteiger partial charge >= 0.3 is 0 Å². The Morgan fingerprint density at radius 3 is 2.70 bits per heavy atom. The minimum atomic E-state index is -0.667. The van der Waals surface area contributed by atoms with Crippen LogP contribution in [-0.2, 0) is 4.79 Å². The molecule has 1 aliphatic carbocycles. The smallest absolute Gasteiger partial charge is 0.145 e. The van der Waals surface area contributed by atoms with Gasteiger partial charge in [0.1, 0.15) is 5.78 Å². The predicted molar refractivity (Wildman–Crippen MR) is 38.6 cm³/mol. The monoisotopic (exact) mass is 140 g/mol. The highest BCUT2D eigenvalue weighted by Crippen LogP contribution is 2.35. The average Bonchev–Trinajstić information content (AvgIpc) is 2.18. The van der Waals surface area contributed by atoms with Crippen LogP contribution in [0.25, 0.3) is 0 Å². The first kappa shape index (κ1) is 7.48. The van der Waals surface area contributed by atoms with Crippen molar-refractivity contribution in [2.24, 2.45) is 5.41 Å². The Kier molecular flexibility index (Phi) is 1.65. The molecule has 0 saturated heterocycles. The molecule has 2 atom stereocenters. The van der Waals surface area contributed by atoms with Gasteiger partial charge in [0, 0.05) is 6.42 Å². The Balaban J connectivity index is 2.90. The van der Waals surface area contributed by atoms with Gasteiger partial charge in [-0.3, -0.25) is 4.79 Å². The largest absolute Gasteiger partial charge is 0.392 e. The zero-order chi connectivity index (χ0) is 7.78. The standard InChI is InChI=1S/C8H12O2/c1-3-8(2)6(9)4-5-7(8)10/h3,6,9H,1,4-5H2,2H3. The molecule has 0 bridgehead atoms. The van der Waals surface area contributed by atoms with Crippen LogP contribution in [0.1, 0.15) is 19.8 Å². The zero-order valence-electron chi connectivity index (χ0n) is 6.13. The van der Waals surface area contributed by atoms with Gasteiger partial charge in [0.25, 0.3) is 0 Å². The maximum absolute atomic E-state index is 11.1. The molecule has 1 N–H and O–H groups in total. The van der Waals surface area contributed by atoms with Crippen LogP contribution in [-0.4, -0.2) is 17.0 Å². The molecule has 0 aromatic heterocycles. The molecule has 1 rings (SSSR count). The molecule has 0 heterocycles. The summed E-state index contributed by atoms with van der Waals surface area (Å²) in [6.07, 6.45) is 2.11. The lowest BCUT2D eigenvalue weighted by molar-refractivity contribution is -0.125. The fourth-order valence-electron chi connectivity index (χ4n) is 1.27. The van der Waals surface area contributed by atoms with Crippen molar-refractivity contribution in [1.29, 1.82) is 0 Å². The minimum Gasteiger partial charge on any atom is -0.392 e. The van der Waals surface area contributed by atoms with E-state index in [9.17, 15) is 9.90 Å². The zero-order valence-corrected chi connectivity index (χ0v) is 6.13. The third-order valence-electron chi connectivity index (χ3n) is 2.36. The number of aliphatic hydroxyl groups is 1. The van der Waals surface area contributed by atoms with E-state index in [-0.39, 0.29) is 5.78 Å². The molecular formula is C8H12O2. The highest BCUT2D eigenvalue weighted by atomic mass is 16.3. The average molecular weight is 140 g/mol. The third-order valence-corrected chi connectivity index (χ3v) is 2.36. The van der Waals surface area contributed by atoms with Gasteiger partial charge in [0.05, 0.1) is 11.5 Å². The summed E-state index contributed by atoms with van der Waals surface area (Å²) in [5.41, 5.74) is -0.667. The molecule has 2 unspecified atom stereocenters. The number of ketones is 1. The van der Waals surface area contributed by atoms with Gasteiger partial charge in [-0.25, -0.2) is 0 Å². The molecule has 0 aromatic rings. The molecule has 1 aliphatic rings. The van der Waals surface area contributed by atoms with E-state index in [1.54, 1.807) is 13.0 Å². The highest BCUT2D eigenvalue weighted by Gasteiger charge is 2.42. The van der Waals surface area contributed by atoms with Gasteiger partial charge < -0.3 is 5.11 Å². The summed E-state index contributed by atoms with van der Waals surface area (Å²) >= 11 is 0. The summed E-state index contributed by atoms with van der Waals surface area (Å²) in [6, 6.07) is 0. The van der Waals surface area contributed by atoms with Gasteiger partial charge in [-0.15, -0.1) is 6.58 Å². The van der Waals surface area contributed by atoms with Crippen molar-refractivity contribution in [2.75, 3.05) is 0 Å². The number of hydrogen-bond acceptors (Lipinski definition) is 2. The quantitative estimate of drug-likeness (QED) is 0.549. The van der Waals surface area contributed by atoms with E-state index in [0.717, 1.165) is 0 Å². The lowest BCUT2D eigenvalue weighted by atomic mass is 9.86. The van der Waals surface area contributed by atoms with Gasteiger partial charge in [-0.05, 0) is 13.3 Å². The van der Waals surface area contributed by atoms with Crippen molar-refractivity contribution in [3.8, 4) is 0 Å². The van der Waals surface area contributed by atoms with Crippen LogP contribution in [0.3, 0.4) is 0 Å². The number of hydrogen-bond donors (Lipinski definition) is 1. The summed E-state index contributed by atoms with van der Waals surface area (Å²) in [7, 11) is 0. The summed E-state index contributed by atoms with van der Waals surface area (Å²) in [4.78, 5) is 11.1. The van der Waals surface area contributed by atoms with E-state index >= 15 is 0 Å². The maximum atomic E-state index is 11.1. The Labute approximate surface area is 60.6 Å². The van der Waals surface area contributed by atoms with Crippen LogP contribution in [0, 0.1) is 5.41 Å². The molecule has 2 heteroatoms. The first-order valence-electron chi connectivity index (χ1n) is 3.46. The van der Waals surface area contributed by atoms with E-state index in [1.807, 2.05) is 0 Å². The van der Waals surface area contributed by atoms with Crippen molar-refractivity contribution in [3.05, 3.63) is 12.7 Å². The van der Waals surface area contributed by atoms with Crippen LogP contribution in [0.15, 0.2) is 12.7 Å². The Hall–Kier alpha value is -0.630. The lowest BCUT2D eigenvalue weighted by Crippen LogP contribution is -2.29. The van der Waals surface area contributed by atoms with Crippen molar-refractivity contribution in [2.45, 2.75) is 25.9 Å². The fraction of sp³-hybridized carbons (Fsp3) is 0.625. The molecule has 0 aromatic carbocycles. The Morgan fingerprint density at radius 2 is 2.50 bits per heavy atom. The second-order valence-electron chi connectivity index (χ2n) is 2.96. The lowest BCUT2D eigenvalue weighted by Gasteiger charge is -2.20. The molecule has 1 saturated carbocycles. The van der Waals surface area contributed by atoms with E-state index in [2.05, 4.69) is 6.58 Å². The number of aliphatic hydroxyl groups excluding tert-OH is 1. The van der Waals surface area contributed by atoms with Crippen molar-refractivity contribution in [3.63, 3.8) is 0 Å². The van der Waals surface area contributed by atoms with Crippen LogP contribution in [0.4, 0.5) is 0 Å². The van der Waals surface area contributed by atoms with Gasteiger partial charge in [-0.1, -0.05) is 6.08 Å². The first-order valence-corrected chi connectivity index (χ1v) is 3.46. The highest BCUT2D eigenvalue weighted by molar-refractivity contribution is 5.89. The Bertz CT molecular complexity index is 174. The summed E-state index contributed by atoms with van der Waals surface area (Å²) in [6.45, 7) is 5.27. The maximum Gasteiger partial charge on any atom is 0.145 e. The second kappa shape index (κ2) is 2.20. The fourth-order valence-corrected chi connectivity index (χ4v) is 1.27. The van der Waals surface area contributed by atoms with Crippen molar-refractivity contribution < 1.29 is 9.90 Å². The SMILES string of the molecule is C=CC1(C)C(=O)CCC1O. The van der Waals surface area contributed by atoms with Crippen molar-refractivity contribution in [1.82, 2.24) is 0 Å². The molecule has 1 fully saturated rings. The molecule has 0 spiro atoms. The first-order chi connectivity index (χ1) is 4.61.